The fourth-order valence-electron chi connectivity index (χ4n) is 0.996. The fourth-order valence-corrected chi connectivity index (χ4v) is 0.996. The highest BCUT2D eigenvalue weighted by molar-refractivity contribution is 5.14. The zero-order valence-electron chi connectivity index (χ0n) is 6.44. The largest absolute Gasteiger partial charge is 1.00 e. The van der Waals surface area contributed by atoms with Crippen molar-refractivity contribution in [2.45, 2.75) is 20.8 Å². The Morgan fingerprint density at radius 3 is 1.70 bits per heavy atom. The van der Waals surface area contributed by atoms with Crippen LogP contribution in [-0.2, 0) is 0 Å². The van der Waals surface area contributed by atoms with Crippen LogP contribution in [0.2, 0.25) is 0 Å². The third kappa shape index (κ3) is 2.64. The number of hydrogen-bond acceptors (Lipinski definition) is 0. The summed E-state index contributed by atoms with van der Waals surface area (Å²) < 4.78 is 5.26. The zero-order valence-corrected chi connectivity index (χ0v) is 8.60. The highest BCUT2D eigenvalue weighted by Gasteiger charge is 2.03. The summed E-state index contributed by atoms with van der Waals surface area (Å²) in [7, 11) is 0. The van der Waals surface area contributed by atoms with Crippen LogP contribution in [0.3, 0.4) is 0 Å². The molecule has 1 rings (SSSR count). The van der Waals surface area contributed by atoms with Crippen molar-refractivity contribution in [3.8, 4) is 0 Å². The number of aryl methyl sites for hydroxylation is 3. The van der Waals surface area contributed by atoms with Crippen LogP contribution in [0.25, 0.3) is 0 Å². The first-order valence-electron chi connectivity index (χ1n) is 3.06. The minimum atomic E-state index is 0. The Kier molecular flexibility index (Phi) is 3.86. The molecule has 0 aliphatic rings. The summed E-state index contributed by atoms with van der Waals surface area (Å²) in [5, 5.41) is 0. The first-order chi connectivity index (χ1) is 4.18. The van der Waals surface area contributed by atoms with Crippen LogP contribution in [0.15, 0.2) is 16.5 Å². The van der Waals surface area contributed by atoms with Crippen molar-refractivity contribution < 1.29 is 28.4 Å². The molecule has 1 aromatic heterocycles. The minimum Gasteiger partial charge on any atom is -1.00 e. The molecule has 1 nitrogen and oxygen atoms in total. The molecule has 0 atom stereocenters. The van der Waals surface area contributed by atoms with E-state index in [0.29, 0.717) is 0 Å². The van der Waals surface area contributed by atoms with E-state index in [1.807, 2.05) is 26.0 Å². The Balaban J connectivity index is 0.000000810. The van der Waals surface area contributed by atoms with Crippen LogP contribution >= 0.6 is 0 Å². The van der Waals surface area contributed by atoms with Gasteiger partial charge in [-0.3, -0.25) is 0 Å². The molecule has 0 bridgehead atoms. The molecule has 0 aromatic carbocycles. The van der Waals surface area contributed by atoms with Crippen molar-refractivity contribution in [3.63, 3.8) is 0 Å². The standard InChI is InChI=1S/C8H11O.HI/c1-6-4-7(2)9-8(3)5-6;/h4-5H,1-3H3;1H/q+1;/p-1. The third-order valence-corrected chi connectivity index (χ3v) is 1.18. The van der Waals surface area contributed by atoms with E-state index in [-0.39, 0.29) is 24.0 Å². The monoisotopic (exact) mass is 250 g/mol. The molecule has 0 saturated carbocycles. The molecule has 0 N–H and O–H groups in total. The summed E-state index contributed by atoms with van der Waals surface area (Å²) in [5.41, 5.74) is 1.26. The second-order valence-corrected chi connectivity index (χ2v) is 2.36. The van der Waals surface area contributed by atoms with Gasteiger partial charge in [0.1, 0.15) is 0 Å². The number of halogens is 1. The molecule has 0 spiro atoms. The summed E-state index contributed by atoms with van der Waals surface area (Å²) in [5.74, 6) is 1.96. The van der Waals surface area contributed by atoms with Gasteiger partial charge in [0.2, 0.25) is 0 Å². The lowest BCUT2D eigenvalue weighted by Gasteiger charge is -1.84. The van der Waals surface area contributed by atoms with E-state index in [1.165, 1.54) is 5.56 Å². The molecule has 0 amide bonds. The van der Waals surface area contributed by atoms with Gasteiger partial charge < -0.3 is 24.0 Å². The Morgan fingerprint density at radius 1 is 1.00 bits per heavy atom. The zero-order chi connectivity index (χ0) is 6.85. The van der Waals surface area contributed by atoms with E-state index >= 15 is 0 Å². The number of hydrogen-bond donors (Lipinski definition) is 0. The van der Waals surface area contributed by atoms with Crippen molar-refractivity contribution in [2.24, 2.45) is 0 Å². The third-order valence-electron chi connectivity index (χ3n) is 1.18. The Hall–Kier alpha value is -0.120. The van der Waals surface area contributed by atoms with E-state index in [1.54, 1.807) is 0 Å². The maximum atomic E-state index is 5.26. The Labute approximate surface area is 78.5 Å². The van der Waals surface area contributed by atoms with Crippen LogP contribution in [0.5, 0.6) is 0 Å². The number of rotatable bonds is 0. The summed E-state index contributed by atoms with van der Waals surface area (Å²) in [6.45, 7) is 5.98. The van der Waals surface area contributed by atoms with Gasteiger partial charge in [0, 0.05) is 12.1 Å². The van der Waals surface area contributed by atoms with Gasteiger partial charge >= 0.3 is 11.5 Å². The van der Waals surface area contributed by atoms with E-state index in [9.17, 15) is 0 Å². The van der Waals surface area contributed by atoms with E-state index in [0.717, 1.165) is 11.5 Å². The van der Waals surface area contributed by atoms with Gasteiger partial charge in [-0.1, -0.05) is 0 Å². The van der Waals surface area contributed by atoms with Crippen LogP contribution in [-0.4, -0.2) is 0 Å². The van der Waals surface area contributed by atoms with Crippen molar-refractivity contribution in [1.29, 1.82) is 0 Å². The maximum absolute atomic E-state index is 5.26. The van der Waals surface area contributed by atoms with Crippen molar-refractivity contribution >= 4 is 0 Å². The summed E-state index contributed by atoms with van der Waals surface area (Å²) >= 11 is 0. The van der Waals surface area contributed by atoms with Gasteiger partial charge in [-0.05, 0) is 12.5 Å². The molecule has 0 saturated heterocycles. The Bertz CT molecular complexity index is 170. The van der Waals surface area contributed by atoms with Gasteiger partial charge in [-0.15, -0.1) is 0 Å². The highest BCUT2D eigenvalue weighted by atomic mass is 127. The molecule has 0 unspecified atom stereocenters. The molecule has 2 heteroatoms. The lowest BCUT2D eigenvalue weighted by Crippen LogP contribution is -3.00. The summed E-state index contributed by atoms with van der Waals surface area (Å²) in [6.07, 6.45) is 0. The first kappa shape index (κ1) is 9.88. The van der Waals surface area contributed by atoms with Gasteiger partial charge in [0.15, 0.2) is 0 Å². The highest BCUT2D eigenvalue weighted by Crippen LogP contribution is 2.06. The van der Waals surface area contributed by atoms with Crippen LogP contribution < -0.4 is 24.0 Å². The molecule has 0 aliphatic heterocycles. The molecule has 1 aromatic rings. The predicted octanol–water partition coefficient (Wildman–Crippen LogP) is -0.510. The molecule has 0 fully saturated rings. The summed E-state index contributed by atoms with van der Waals surface area (Å²) in [4.78, 5) is 0. The fraction of sp³-hybridized carbons (Fsp3) is 0.375. The normalized spacial score (nSPS) is 8.70. The van der Waals surface area contributed by atoms with Crippen LogP contribution in [0.4, 0.5) is 0 Å². The molecule has 1 heterocycles. The second-order valence-electron chi connectivity index (χ2n) is 2.36. The smallest absolute Gasteiger partial charge is 0.326 e. The molecular formula is C8H11IO. The molecule has 0 radical (unpaired) electrons. The molecule has 0 aliphatic carbocycles. The van der Waals surface area contributed by atoms with Crippen molar-refractivity contribution in [1.82, 2.24) is 0 Å². The molecular weight excluding hydrogens is 239 g/mol. The van der Waals surface area contributed by atoms with Gasteiger partial charge in [-0.2, -0.15) is 0 Å². The van der Waals surface area contributed by atoms with E-state index in [4.69, 9.17) is 4.42 Å². The average Bonchev–Trinajstić information content (AvgIpc) is 1.59. The SMILES string of the molecule is Cc1cc(C)[o+]c(C)c1.[I-]. The van der Waals surface area contributed by atoms with Gasteiger partial charge in [0.25, 0.3) is 0 Å². The maximum Gasteiger partial charge on any atom is 0.326 e. The topological polar surface area (TPSA) is 11.3 Å². The summed E-state index contributed by atoms with van der Waals surface area (Å²) in [6, 6.07) is 4.04. The first-order valence-corrected chi connectivity index (χ1v) is 3.06. The lowest BCUT2D eigenvalue weighted by molar-refractivity contribution is -0.00000293. The molecule has 56 valence electrons. The molecule has 10 heavy (non-hydrogen) atoms. The van der Waals surface area contributed by atoms with Crippen LogP contribution in [0.1, 0.15) is 17.1 Å². The minimum absolute atomic E-state index is 0. The van der Waals surface area contributed by atoms with Crippen molar-refractivity contribution in [3.05, 3.63) is 29.2 Å². The second kappa shape index (κ2) is 3.91. The van der Waals surface area contributed by atoms with Crippen molar-refractivity contribution in [2.75, 3.05) is 0 Å². The quantitative estimate of drug-likeness (QED) is 0.446. The van der Waals surface area contributed by atoms with E-state index < -0.39 is 0 Å². The van der Waals surface area contributed by atoms with Gasteiger partial charge in [-0.25, -0.2) is 4.42 Å². The Morgan fingerprint density at radius 2 is 1.40 bits per heavy atom. The van der Waals surface area contributed by atoms with E-state index in [2.05, 4.69) is 6.92 Å². The predicted molar refractivity (Wildman–Crippen MR) is 37.3 cm³/mol. The van der Waals surface area contributed by atoms with Crippen LogP contribution in [0, 0.1) is 20.8 Å². The lowest BCUT2D eigenvalue weighted by atomic mass is 10.2. The average molecular weight is 250 g/mol. The van der Waals surface area contributed by atoms with Gasteiger partial charge in [0.05, 0.1) is 13.8 Å².